The van der Waals surface area contributed by atoms with Crippen molar-refractivity contribution in [2.45, 2.75) is 25.4 Å². The lowest BCUT2D eigenvalue weighted by atomic mass is 9.96. The summed E-state index contributed by atoms with van der Waals surface area (Å²) in [7, 11) is 0. The van der Waals surface area contributed by atoms with Gasteiger partial charge in [0.1, 0.15) is 5.75 Å². The first-order chi connectivity index (χ1) is 11.2. The molecule has 0 unspecified atom stereocenters. The van der Waals surface area contributed by atoms with Crippen LogP contribution in [0.25, 0.3) is 0 Å². The van der Waals surface area contributed by atoms with Gasteiger partial charge in [-0.1, -0.05) is 12.1 Å². The van der Waals surface area contributed by atoms with Gasteiger partial charge in [0.25, 0.3) is 0 Å². The fourth-order valence-corrected chi connectivity index (χ4v) is 2.57. The third-order valence-electron chi connectivity index (χ3n) is 3.85. The smallest absolute Gasteiger partial charge is 0.422 e. The van der Waals surface area contributed by atoms with E-state index in [9.17, 15) is 22.8 Å². The van der Waals surface area contributed by atoms with Gasteiger partial charge in [-0.05, 0) is 30.5 Å². The monoisotopic (exact) mass is 345 g/mol. The Morgan fingerprint density at radius 1 is 1.25 bits per heavy atom. The summed E-state index contributed by atoms with van der Waals surface area (Å²) in [6.45, 7) is -0.632. The number of halogens is 3. The molecular weight excluding hydrogens is 327 g/mol. The molecule has 5 nitrogen and oxygen atoms in total. The zero-order valence-electron chi connectivity index (χ0n) is 12.9. The van der Waals surface area contributed by atoms with E-state index in [1.165, 1.54) is 18.2 Å². The van der Waals surface area contributed by atoms with Crippen LogP contribution in [0.1, 0.15) is 18.4 Å². The first-order valence-electron chi connectivity index (χ1n) is 7.53. The normalized spacial score (nSPS) is 16.0. The highest BCUT2D eigenvalue weighted by Crippen LogP contribution is 2.21. The molecule has 0 bridgehead atoms. The van der Waals surface area contributed by atoms with Crippen LogP contribution in [-0.4, -0.2) is 47.8 Å². The summed E-state index contributed by atoms with van der Waals surface area (Å²) in [5.41, 5.74) is 0.556. The molecular formula is C16H18F3NO4. The molecule has 24 heavy (non-hydrogen) atoms. The van der Waals surface area contributed by atoms with Gasteiger partial charge in [0.15, 0.2) is 6.61 Å². The minimum atomic E-state index is -4.42. The minimum absolute atomic E-state index is 0.0426. The average molecular weight is 345 g/mol. The van der Waals surface area contributed by atoms with Crippen LogP contribution in [0.15, 0.2) is 24.3 Å². The quantitative estimate of drug-likeness (QED) is 0.890. The first-order valence-corrected chi connectivity index (χ1v) is 7.53. The van der Waals surface area contributed by atoms with Crippen LogP contribution in [0, 0.1) is 5.92 Å². The van der Waals surface area contributed by atoms with Crippen LogP contribution in [-0.2, 0) is 16.0 Å². The molecule has 8 heteroatoms. The lowest BCUT2D eigenvalue weighted by Crippen LogP contribution is -2.40. The van der Waals surface area contributed by atoms with Gasteiger partial charge < -0.3 is 14.7 Å². The highest BCUT2D eigenvalue weighted by atomic mass is 19.4. The molecule has 1 N–H and O–H groups in total. The maximum Gasteiger partial charge on any atom is 0.422 e. The molecule has 1 aliphatic rings. The maximum atomic E-state index is 12.2. The first kappa shape index (κ1) is 18.1. The standard InChI is InChI=1S/C16H18F3NO4/c17-16(18,19)10-24-13-3-1-2-11(8-13)9-14(21)20-6-4-12(5-7-20)15(22)23/h1-3,8,12H,4-7,9-10H2,(H,22,23). The molecule has 1 aliphatic heterocycles. The van der Waals surface area contributed by atoms with Crippen molar-refractivity contribution in [2.75, 3.05) is 19.7 Å². The van der Waals surface area contributed by atoms with Crippen molar-refractivity contribution in [3.05, 3.63) is 29.8 Å². The Hall–Kier alpha value is -2.25. The highest BCUT2D eigenvalue weighted by molar-refractivity contribution is 5.79. The molecule has 1 heterocycles. The molecule has 1 aromatic carbocycles. The van der Waals surface area contributed by atoms with Crippen LogP contribution in [0.4, 0.5) is 13.2 Å². The number of alkyl halides is 3. The number of amides is 1. The number of carbonyl (C=O) groups is 2. The zero-order chi connectivity index (χ0) is 17.7. The number of likely N-dealkylation sites (tertiary alicyclic amines) is 1. The molecule has 0 spiro atoms. The van der Waals surface area contributed by atoms with Crippen molar-refractivity contribution in [3.8, 4) is 5.75 Å². The molecule has 132 valence electrons. The Labute approximate surface area is 137 Å². The van der Waals surface area contributed by atoms with Crippen LogP contribution in [0.2, 0.25) is 0 Å². The molecule has 0 radical (unpaired) electrons. The van der Waals surface area contributed by atoms with Crippen LogP contribution in [0.5, 0.6) is 5.75 Å². The van der Waals surface area contributed by atoms with E-state index in [2.05, 4.69) is 4.74 Å². The van der Waals surface area contributed by atoms with E-state index < -0.39 is 24.7 Å². The molecule has 0 saturated carbocycles. The number of ether oxygens (including phenoxy) is 1. The molecule has 2 rings (SSSR count). The van der Waals surface area contributed by atoms with Gasteiger partial charge in [-0.3, -0.25) is 9.59 Å². The van der Waals surface area contributed by atoms with Crippen molar-refractivity contribution >= 4 is 11.9 Å². The van der Waals surface area contributed by atoms with Gasteiger partial charge in [-0.15, -0.1) is 0 Å². The molecule has 1 amide bonds. The average Bonchev–Trinajstić information content (AvgIpc) is 2.53. The molecule has 1 aromatic rings. The number of carboxylic acid groups (broad SMARTS) is 1. The van der Waals surface area contributed by atoms with Crippen molar-refractivity contribution in [3.63, 3.8) is 0 Å². The Bertz CT molecular complexity index is 595. The molecule has 0 aliphatic carbocycles. The zero-order valence-corrected chi connectivity index (χ0v) is 12.9. The summed E-state index contributed by atoms with van der Waals surface area (Å²) in [6.07, 6.45) is -3.55. The van der Waals surface area contributed by atoms with Crippen LogP contribution < -0.4 is 4.74 Å². The number of rotatable bonds is 5. The third kappa shape index (κ3) is 5.43. The van der Waals surface area contributed by atoms with E-state index in [0.29, 0.717) is 31.5 Å². The number of hydrogen-bond acceptors (Lipinski definition) is 3. The van der Waals surface area contributed by atoms with E-state index in [1.54, 1.807) is 11.0 Å². The second kappa shape index (κ2) is 7.55. The van der Waals surface area contributed by atoms with E-state index in [4.69, 9.17) is 5.11 Å². The predicted octanol–water partition coefficient (Wildman–Crippen LogP) is 2.49. The second-order valence-electron chi connectivity index (χ2n) is 5.72. The van der Waals surface area contributed by atoms with Gasteiger partial charge >= 0.3 is 12.1 Å². The molecule has 0 aromatic heterocycles. The summed E-state index contributed by atoms with van der Waals surface area (Å²) in [5.74, 6) is -1.39. The second-order valence-corrected chi connectivity index (χ2v) is 5.72. The Kier molecular flexibility index (Phi) is 5.69. The highest BCUT2D eigenvalue weighted by Gasteiger charge is 2.29. The van der Waals surface area contributed by atoms with Crippen molar-refractivity contribution in [2.24, 2.45) is 5.92 Å². The van der Waals surface area contributed by atoms with Crippen LogP contribution >= 0.6 is 0 Å². The SMILES string of the molecule is O=C(O)C1CCN(C(=O)Cc2cccc(OCC(F)(F)F)c2)CC1. The number of benzene rings is 1. The van der Waals surface area contributed by atoms with Gasteiger partial charge in [0.05, 0.1) is 12.3 Å². The summed E-state index contributed by atoms with van der Waals surface area (Å²) in [4.78, 5) is 24.7. The maximum absolute atomic E-state index is 12.2. The van der Waals surface area contributed by atoms with E-state index >= 15 is 0 Å². The lowest BCUT2D eigenvalue weighted by Gasteiger charge is -2.30. The topological polar surface area (TPSA) is 66.8 Å². The fraction of sp³-hybridized carbons (Fsp3) is 0.500. The molecule has 0 atom stereocenters. The van der Waals surface area contributed by atoms with E-state index in [0.717, 1.165) is 0 Å². The van der Waals surface area contributed by atoms with Crippen molar-refractivity contribution in [1.29, 1.82) is 0 Å². The van der Waals surface area contributed by atoms with Crippen LogP contribution in [0.3, 0.4) is 0 Å². The summed E-state index contributed by atoms with van der Waals surface area (Å²) < 4.78 is 41.1. The largest absolute Gasteiger partial charge is 0.484 e. The van der Waals surface area contributed by atoms with Crippen molar-refractivity contribution in [1.82, 2.24) is 4.90 Å². The number of hydrogen-bond donors (Lipinski definition) is 1. The summed E-state index contributed by atoms with van der Waals surface area (Å²) in [5, 5.41) is 8.94. The Morgan fingerprint density at radius 3 is 2.50 bits per heavy atom. The fourth-order valence-electron chi connectivity index (χ4n) is 2.57. The summed E-state index contributed by atoms with van der Waals surface area (Å²) >= 11 is 0. The van der Waals surface area contributed by atoms with Crippen molar-refractivity contribution < 1.29 is 32.6 Å². The number of carbonyl (C=O) groups excluding carboxylic acids is 1. The number of nitrogens with zero attached hydrogens (tertiary/aromatic N) is 1. The number of piperidine rings is 1. The number of carboxylic acids is 1. The summed E-state index contributed by atoms with van der Waals surface area (Å²) in [6, 6.07) is 5.99. The van der Waals surface area contributed by atoms with Gasteiger partial charge in [-0.25, -0.2) is 0 Å². The van der Waals surface area contributed by atoms with Gasteiger partial charge in [-0.2, -0.15) is 13.2 Å². The molecule has 1 saturated heterocycles. The number of aliphatic carboxylic acids is 1. The van der Waals surface area contributed by atoms with E-state index in [1.807, 2.05) is 0 Å². The minimum Gasteiger partial charge on any atom is -0.484 e. The predicted molar refractivity (Wildman–Crippen MR) is 78.6 cm³/mol. The third-order valence-corrected chi connectivity index (χ3v) is 3.85. The molecule has 1 fully saturated rings. The Balaban J connectivity index is 1.89. The van der Waals surface area contributed by atoms with E-state index in [-0.39, 0.29) is 18.1 Å². The van der Waals surface area contributed by atoms with Gasteiger partial charge in [0.2, 0.25) is 5.91 Å². The van der Waals surface area contributed by atoms with Gasteiger partial charge in [0, 0.05) is 13.1 Å². The Morgan fingerprint density at radius 2 is 1.92 bits per heavy atom. The lowest BCUT2D eigenvalue weighted by molar-refractivity contribution is -0.153.